The van der Waals surface area contributed by atoms with Gasteiger partial charge in [-0.05, 0) is 43.5 Å². The molecule has 0 N–H and O–H groups in total. The van der Waals surface area contributed by atoms with E-state index in [1.165, 1.54) is 27.7 Å². The first-order valence-electron chi connectivity index (χ1n) is 9.75. The average Bonchev–Trinajstić information content (AvgIpc) is 2.96. The number of hydrogen-bond donors (Lipinski definition) is 0. The van der Waals surface area contributed by atoms with Gasteiger partial charge in [0.15, 0.2) is 0 Å². The van der Waals surface area contributed by atoms with Gasteiger partial charge in [-0.1, -0.05) is 61.0 Å². The van der Waals surface area contributed by atoms with Crippen LogP contribution in [0.2, 0.25) is 5.02 Å². The van der Waals surface area contributed by atoms with E-state index in [1.54, 1.807) is 0 Å². The van der Waals surface area contributed by atoms with Crippen molar-refractivity contribution >= 4 is 22.5 Å². The van der Waals surface area contributed by atoms with Crippen LogP contribution in [0.5, 0.6) is 0 Å². The lowest BCUT2D eigenvalue weighted by molar-refractivity contribution is 0.192. The van der Waals surface area contributed by atoms with Crippen LogP contribution in [0.3, 0.4) is 0 Å². The molecule has 0 amide bonds. The van der Waals surface area contributed by atoms with E-state index in [0.717, 1.165) is 43.9 Å². The van der Waals surface area contributed by atoms with E-state index in [-0.39, 0.29) is 0 Å². The summed E-state index contributed by atoms with van der Waals surface area (Å²) >= 11 is 6.65. The summed E-state index contributed by atoms with van der Waals surface area (Å²) in [7, 11) is 0. The largest absolute Gasteiger partial charge is 0.343 e. The molecule has 4 rings (SSSR count). The zero-order chi connectivity index (χ0) is 18.1. The Morgan fingerprint density at radius 1 is 1.08 bits per heavy atom. The van der Waals surface area contributed by atoms with Crippen LogP contribution in [0.4, 0.5) is 0 Å². The lowest BCUT2D eigenvalue weighted by Gasteiger charge is -2.33. The van der Waals surface area contributed by atoms with E-state index in [0.29, 0.717) is 6.04 Å². The fourth-order valence-corrected chi connectivity index (χ4v) is 4.70. The molecule has 136 valence electrons. The molecule has 2 nitrogen and oxygen atoms in total. The standard InChI is InChI=1S/C23H27ClN2/c1-3-25-16-20-19-12-7-13-21(24)23(19)26(22(20)15-17(25)2)14-8-11-18-9-5-4-6-10-18/h4-7,9-10,12-13,17H,3,8,11,14-16H2,1-2H3. The number of likely N-dealkylation sites (N-methyl/N-ethyl adjacent to an activating group) is 1. The minimum absolute atomic E-state index is 0.587. The van der Waals surface area contributed by atoms with Crippen molar-refractivity contribution in [2.45, 2.75) is 52.2 Å². The van der Waals surface area contributed by atoms with Gasteiger partial charge in [-0.3, -0.25) is 4.90 Å². The fourth-order valence-electron chi connectivity index (χ4n) is 4.42. The van der Waals surface area contributed by atoms with Crippen LogP contribution < -0.4 is 0 Å². The average molecular weight is 367 g/mol. The molecule has 0 fully saturated rings. The maximum atomic E-state index is 6.65. The summed E-state index contributed by atoms with van der Waals surface area (Å²) in [5.74, 6) is 0. The normalized spacial score (nSPS) is 17.6. The molecule has 2 aromatic carbocycles. The maximum absolute atomic E-state index is 6.65. The van der Waals surface area contributed by atoms with E-state index in [4.69, 9.17) is 11.6 Å². The zero-order valence-electron chi connectivity index (χ0n) is 15.7. The van der Waals surface area contributed by atoms with Crippen molar-refractivity contribution in [1.29, 1.82) is 0 Å². The van der Waals surface area contributed by atoms with Gasteiger partial charge in [0.05, 0.1) is 10.5 Å². The van der Waals surface area contributed by atoms with Crippen molar-refractivity contribution in [3.05, 3.63) is 70.4 Å². The van der Waals surface area contributed by atoms with E-state index < -0.39 is 0 Å². The number of aryl methyl sites for hydroxylation is 2. The lowest BCUT2D eigenvalue weighted by Crippen LogP contribution is -2.38. The number of rotatable bonds is 5. The van der Waals surface area contributed by atoms with Crippen LogP contribution in [0.25, 0.3) is 10.9 Å². The topological polar surface area (TPSA) is 8.17 Å². The summed E-state index contributed by atoms with van der Waals surface area (Å²) in [6.07, 6.45) is 3.35. The first kappa shape index (κ1) is 17.6. The fraction of sp³-hybridized carbons (Fsp3) is 0.391. The van der Waals surface area contributed by atoms with Gasteiger partial charge in [0.25, 0.3) is 0 Å². The van der Waals surface area contributed by atoms with Gasteiger partial charge in [0.1, 0.15) is 0 Å². The molecule has 0 saturated heterocycles. The van der Waals surface area contributed by atoms with Crippen LogP contribution in [0.1, 0.15) is 37.1 Å². The third-order valence-corrected chi connectivity index (χ3v) is 6.13. The summed E-state index contributed by atoms with van der Waals surface area (Å²) in [4.78, 5) is 2.57. The number of para-hydroxylation sites is 1. The zero-order valence-corrected chi connectivity index (χ0v) is 16.5. The van der Waals surface area contributed by atoms with Gasteiger partial charge in [-0.25, -0.2) is 0 Å². The second-order valence-corrected chi connectivity index (χ2v) is 7.83. The first-order valence-corrected chi connectivity index (χ1v) is 10.1. The maximum Gasteiger partial charge on any atom is 0.0675 e. The molecule has 0 aliphatic carbocycles. The Morgan fingerprint density at radius 2 is 1.88 bits per heavy atom. The molecule has 3 heteroatoms. The van der Waals surface area contributed by atoms with Gasteiger partial charge >= 0.3 is 0 Å². The number of hydrogen-bond acceptors (Lipinski definition) is 1. The van der Waals surface area contributed by atoms with Gasteiger partial charge < -0.3 is 4.57 Å². The van der Waals surface area contributed by atoms with Crippen molar-refractivity contribution < 1.29 is 0 Å². The summed E-state index contributed by atoms with van der Waals surface area (Å²) in [6.45, 7) is 7.77. The Hall–Kier alpha value is -1.77. The van der Waals surface area contributed by atoms with Gasteiger partial charge in [0.2, 0.25) is 0 Å². The van der Waals surface area contributed by atoms with Crippen LogP contribution in [-0.2, 0) is 25.9 Å². The number of halogens is 1. The number of benzene rings is 2. The molecule has 2 heterocycles. The summed E-state index contributed by atoms with van der Waals surface area (Å²) in [6, 6.07) is 17.7. The van der Waals surface area contributed by atoms with Crippen molar-refractivity contribution in [2.75, 3.05) is 6.54 Å². The molecule has 1 unspecified atom stereocenters. The van der Waals surface area contributed by atoms with Crippen LogP contribution in [-0.4, -0.2) is 22.1 Å². The molecule has 0 radical (unpaired) electrons. The molecule has 1 aliphatic rings. The molecule has 3 aromatic rings. The van der Waals surface area contributed by atoms with Crippen molar-refractivity contribution in [3.8, 4) is 0 Å². The molecular formula is C23H27ClN2. The quantitative estimate of drug-likeness (QED) is 0.562. The molecular weight excluding hydrogens is 340 g/mol. The Bertz CT molecular complexity index is 897. The second kappa shape index (κ2) is 7.46. The Kier molecular flexibility index (Phi) is 5.06. The van der Waals surface area contributed by atoms with Crippen molar-refractivity contribution in [1.82, 2.24) is 9.47 Å². The van der Waals surface area contributed by atoms with E-state index in [2.05, 4.69) is 65.8 Å². The smallest absolute Gasteiger partial charge is 0.0675 e. The van der Waals surface area contributed by atoms with E-state index in [9.17, 15) is 0 Å². The highest BCUT2D eigenvalue weighted by Crippen LogP contribution is 2.36. The predicted molar refractivity (Wildman–Crippen MR) is 111 cm³/mol. The molecule has 0 spiro atoms. The Balaban J connectivity index is 1.68. The molecule has 0 saturated carbocycles. The highest BCUT2D eigenvalue weighted by Gasteiger charge is 2.28. The molecule has 1 atom stereocenters. The van der Waals surface area contributed by atoms with Crippen LogP contribution in [0.15, 0.2) is 48.5 Å². The second-order valence-electron chi connectivity index (χ2n) is 7.42. The number of aromatic nitrogens is 1. The lowest BCUT2D eigenvalue weighted by atomic mass is 9.99. The first-order chi connectivity index (χ1) is 12.7. The number of fused-ring (bicyclic) bond motifs is 3. The molecule has 1 aromatic heterocycles. The highest BCUT2D eigenvalue weighted by molar-refractivity contribution is 6.35. The summed E-state index contributed by atoms with van der Waals surface area (Å²) in [5.41, 5.74) is 5.63. The molecule has 26 heavy (non-hydrogen) atoms. The van der Waals surface area contributed by atoms with E-state index in [1.807, 2.05) is 6.07 Å². The SMILES string of the molecule is CCN1Cc2c(n(CCCc3ccccc3)c3c(Cl)cccc23)CC1C. The summed E-state index contributed by atoms with van der Waals surface area (Å²) < 4.78 is 2.51. The Morgan fingerprint density at radius 3 is 2.65 bits per heavy atom. The van der Waals surface area contributed by atoms with Crippen molar-refractivity contribution in [2.24, 2.45) is 0 Å². The Labute approximate surface area is 161 Å². The third-order valence-electron chi connectivity index (χ3n) is 5.83. The van der Waals surface area contributed by atoms with E-state index >= 15 is 0 Å². The van der Waals surface area contributed by atoms with Crippen LogP contribution >= 0.6 is 11.6 Å². The van der Waals surface area contributed by atoms with Crippen molar-refractivity contribution in [3.63, 3.8) is 0 Å². The minimum Gasteiger partial charge on any atom is -0.343 e. The minimum atomic E-state index is 0.587. The predicted octanol–water partition coefficient (Wildman–Crippen LogP) is 5.69. The third kappa shape index (κ3) is 3.17. The van der Waals surface area contributed by atoms with Crippen LogP contribution in [0, 0.1) is 0 Å². The van der Waals surface area contributed by atoms with Gasteiger partial charge in [-0.2, -0.15) is 0 Å². The molecule has 0 bridgehead atoms. The monoisotopic (exact) mass is 366 g/mol. The number of nitrogens with zero attached hydrogens (tertiary/aromatic N) is 2. The molecule has 1 aliphatic heterocycles. The van der Waals surface area contributed by atoms with Gasteiger partial charge in [0, 0.05) is 36.6 Å². The highest BCUT2D eigenvalue weighted by atomic mass is 35.5. The summed E-state index contributed by atoms with van der Waals surface area (Å²) in [5, 5.41) is 2.23. The van der Waals surface area contributed by atoms with Gasteiger partial charge in [-0.15, -0.1) is 0 Å².